The number of hydrogen-bond acceptors (Lipinski definition) is 5. The van der Waals surface area contributed by atoms with Gasteiger partial charge in [-0.15, -0.1) is 11.3 Å². The van der Waals surface area contributed by atoms with Gasteiger partial charge < -0.3 is 4.74 Å². The zero-order chi connectivity index (χ0) is 20.8. The van der Waals surface area contributed by atoms with Gasteiger partial charge in [0.2, 0.25) is 5.13 Å². The fraction of sp³-hybridized carbons (Fsp3) is 0.0435. The van der Waals surface area contributed by atoms with Gasteiger partial charge in [-0.2, -0.15) is 5.10 Å². The molecule has 0 aliphatic rings. The smallest absolute Gasteiger partial charge is 0.203 e. The molecule has 30 heavy (non-hydrogen) atoms. The second-order valence-corrected chi connectivity index (χ2v) is 8.04. The number of anilines is 1. The van der Waals surface area contributed by atoms with E-state index in [-0.39, 0.29) is 0 Å². The van der Waals surface area contributed by atoms with E-state index < -0.39 is 0 Å². The number of nitrogens with one attached hydrogen (secondary N) is 1. The number of nitrogens with zero attached hydrogens (tertiary/aromatic N) is 2. The average Bonchev–Trinajstić information content (AvgIpc) is 3.24. The molecule has 0 aliphatic heterocycles. The van der Waals surface area contributed by atoms with Gasteiger partial charge in [0.1, 0.15) is 12.4 Å². The zero-order valence-electron chi connectivity index (χ0n) is 15.8. The number of aromatic nitrogens is 1. The molecule has 0 saturated carbocycles. The van der Waals surface area contributed by atoms with Crippen molar-refractivity contribution in [2.75, 3.05) is 5.43 Å². The summed E-state index contributed by atoms with van der Waals surface area (Å²) in [7, 11) is 0. The number of benzene rings is 3. The van der Waals surface area contributed by atoms with Gasteiger partial charge in [0.05, 0.1) is 11.9 Å². The maximum atomic E-state index is 6.21. The van der Waals surface area contributed by atoms with Crippen LogP contribution in [0.25, 0.3) is 11.3 Å². The third-order valence-electron chi connectivity index (χ3n) is 4.25. The minimum absolute atomic E-state index is 0.350. The van der Waals surface area contributed by atoms with Crippen LogP contribution in [0.3, 0.4) is 0 Å². The molecular formula is C23H17Cl2N3OS. The first-order chi connectivity index (χ1) is 14.7. The van der Waals surface area contributed by atoms with Gasteiger partial charge in [-0.25, -0.2) is 4.98 Å². The van der Waals surface area contributed by atoms with Crippen molar-refractivity contribution in [3.8, 4) is 17.0 Å². The molecule has 1 heterocycles. The quantitative estimate of drug-likeness (QED) is 0.238. The van der Waals surface area contributed by atoms with Crippen LogP contribution in [0.15, 0.2) is 83.3 Å². The molecule has 150 valence electrons. The lowest BCUT2D eigenvalue weighted by atomic mass is 10.2. The predicted molar refractivity (Wildman–Crippen MR) is 126 cm³/mol. The fourth-order valence-corrected chi connectivity index (χ4v) is 3.79. The van der Waals surface area contributed by atoms with Gasteiger partial charge in [-0.1, -0.05) is 71.7 Å². The standard InChI is InChI=1S/C23H17Cl2N3OS/c24-19-10-11-22(29-14-17-8-4-5-9-20(17)25)18(12-19)13-26-28-23-27-21(15-30-23)16-6-2-1-3-7-16/h1-13,15H,14H2,(H,27,28). The largest absolute Gasteiger partial charge is 0.488 e. The lowest BCUT2D eigenvalue weighted by Gasteiger charge is -2.10. The number of ether oxygens (including phenoxy) is 1. The van der Waals surface area contributed by atoms with E-state index in [4.69, 9.17) is 27.9 Å². The third kappa shape index (κ3) is 5.19. The van der Waals surface area contributed by atoms with Gasteiger partial charge in [0, 0.05) is 32.1 Å². The summed E-state index contributed by atoms with van der Waals surface area (Å²) in [6.07, 6.45) is 1.66. The normalized spacial score (nSPS) is 11.0. The highest BCUT2D eigenvalue weighted by Gasteiger charge is 2.06. The van der Waals surface area contributed by atoms with Crippen LogP contribution in [-0.4, -0.2) is 11.2 Å². The van der Waals surface area contributed by atoms with Crippen molar-refractivity contribution in [2.24, 2.45) is 5.10 Å². The van der Waals surface area contributed by atoms with Crippen LogP contribution in [0.5, 0.6) is 5.75 Å². The number of rotatable bonds is 7. The van der Waals surface area contributed by atoms with Crippen molar-refractivity contribution in [1.29, 1.82) is 0 Å². The van der Waals surface area contributed by atoms with E-state index in [2.05, 4.69) is 15.5 Å². The van der Waals surface area contributed by atoms with Crippen molar-refractivity contribution in [3.63, 3.8) is 0 Å². The minimum Gasteiger partial charge on any atom is -0.488 e. The summed E-state index contributed by atoms with van der Waals surface area (Å²) in [6, 6.07) is 23.0. The SMILES string of the molecule is Clc1ccc(OCc2ccccc2Cl)c(C=NNc2nc(-c3ccccc3)cs2)c1. The summed E-state index contributed by atoms with van der Waals surface area (Å²) in [4.78, 5) is 4.56. The van der Waals surface area contributed by atoms with Crippen LogP contribution in [0.1, 0.15) is 11.1 Å². The predicted octanol–water partition coefficient (Wildman–Crippen LogP) is 7.14. The molecule has 1 N–H and O–H groups in total. The molecule has 4 nitrogen and oxygen atoms in total. The first kappa shape index (κ1) is 20.4. The fourth-order valence-electron chi connectivity index (χ4n) is 2.75. The Kier molecular flexibility index (Phi) is 6.64. The van der Waals surface area contributed by atoms with Crippen LogP contribution in [0.2, 0.25) is 10.0 Å². The lowest BCUT2D eigenvalue weighted by Crippen LogP contribution is -2.00. The lowest BCUT2D eigenvalue weighted by molar-refractivity contribution is 0.306. The van der Waals surface area contributed by atoms with E-state index in [1.165, 1.54) is 11.3 Å². The van der Waals surface area contributed by atoms with Crippen molar-refractivity contribution < 1.29 is 4.74 Å². The van der Waals surface area contributed by atoms with Gasteiger partial charge in [-0.3, -0.25) is 5.43 Å². The summed E-state index contributed by atoms with van der Waals surface area (Å²) in [5, 5.41) is 8.26. The van der Waals surface area contributed by atoms with Gasteiger partial charge >= 0.3 is 0 Å². The molecule has 0 bridgehead atoms. The Morgan fingerprint density at radius 2 is 1.80 bits per heavy atom. The first-order valence-electron chi connectivity index (χ1n) is 9.15. The summed E-state index contributed by atoms with van der Waals surface area (Å²) >= 11 is 13.9. The topological polar surface area (TPSA) is 46.5 Å². The maximum absolute atomic E-state index is 6.21. The molecule has 0 atom stereocenters. The molecule has 4 rings (SSSR count). The van der Waals surface area contributed by atoms with Crippen LogP contribution in [0.4, 0.5) is 5.13 Å². The van der Waals surface area contributed by atoms with Crippen molar-refractivity contribution in [1.82, 2.24) is 4.98 Å². The summed E-state index contributed by atoms with van der Waals surface area (Å²) in [6.45, 7) is 0.350. The Morgan fingerprint density at radius 1 is 1.00 bits per heavy atom. The molecular weight excluding hydrogens is 437 g/mol. The Morgan fingerprint density at radius 3 is 2.63 bits per heavy atom. The molecule has 7 heteroatoms. The van der Waals surface area contributed by atoms with Crippen molar-refractivity contribution >= 4 is 45.9 Å². The first-order valence-corrected chi connectivity index (χ1v) is 10.8. The molecule has 0 fully saturated rings. The summed E-state index contributed by atoms with van der Waals surface area (Å²) < 4.78 is 5.95. The number of hydrazone groups is 1. The minimum atomic E-state index is 0.350. The Balaban J connectivity index is 1.45. The van der Waals surface area contributed by atoms with Crippen molar-refractivity contribution in [3.05, 3.63) is 99.3 Å². The van der Waals surface area contributed by atoms with Gasteiger partial charge in [-0.05, 0) is 24.3 Å². The number of halogens is 2. The number of thiazole rings is 1. The van der Waals surface area contributed by atoms with E-state index in [1.54, 1.807) is 18.3 Å². The Labute approximate surface area is 188 Å². The molecule has 3 aromatic carbocycles. The molecule has 0 radical (unpaired) electrons. The summed E-state index contributed by atoms with van der Waals surface area (Å²) in [5.41, 5.74) is 6.60. The second kappa shape index (κ2) is 9.76. The molecule has 0 amide bonds. The average molecular weight is 454 g/mol. The summed E-state index contributed by atoms with van der Waals surface area (Å²) in [5.74, 6) is 0.661. The number of hydrogen-bond donors (Lipinski definition) is 1. The van der Waals surface area contributed by atoms with Crippen molar-refractivity contribution in [2.45, 2.75) is 6.61 Å². The molecule has 0 unspecified atom stereocenters. The monoisotopic (exact) mass is 453 g/mol. The van der Waals surface area contributed by atoms with E-state index in [0.717, 1.165) is 22.4 Å². The highest BCUT2D eigenvalue weighted by Crippen LogP contribution is 2.26. The molecule has 0 spiro atoms. The van der Waals surface area contributed by atoms with E-state index in [1.807, 2.05) is 66.0 Å². The van der Waals surface area contributed by atoms with Gasteiger partial charge in [0.25, 0.3) is 0 Å². The van der Waals surface area contributed by atoms with Gasteiger partial charge in [0.15, 0.2) is 0 Å². The highest BCUT2D eigenvalue weighted by molar-refractivity contribution is 7.14. The van der Waals surface area contributed by atoms with E-state index in [9.17, 15) is 0 Å². The molecule has 0 aliphatic carbocycles. The highest BCUT2D eigenvalue weighted by atomic mass is 35.5. The zero-order valence-corrected chi connectivity index (χ0v) is 18.1. The van der Waals surface area contributed by atoms with Crippen LogP contribution in [-0.2, 0) is 6.61 Å². The Hall–Kier alpha value is -2.86. The maximum Gasteiger partial charge on any atom is 0.203 e. The van der Waals surface area contributed by atoms with Crippen LogP contribution in [0, 0.1) is 0 Å². The Bertz CT molecular complexity index is 1160. The molecule has 0 saturated heterocycles. The van der Waals surface area contributed by atoms with Crippen LogP contribution >= 0.6 is 34.5 Å². The molecule has 1 aromatic heterocycles. The van der Waals surface area contributed by atoms with E-state index in [0.29, 0.717) is 27.5 Å². The van der Waals surface area contributed by atoms with E-state index >= 15 is 0 Å². The second-order valence-electron chi connectivity index (χ2n) is 6.34. The third-order valence-corrected chi connectivity index (χ3v) is 5.60. The van der Waals surface area contributed by atoms with Crippen LogP contribution < -0.4 is 10.2 Å². The molecule has 4 aromatic rings.